The minimum atomic E-state index is 0. The average Bonchev–Trinajstić information content (AvgIpc) is 3.37. The highest BCUT2D eigenvalue weighted by Crippen LogP contribution is 2.42. The molecule has 0 unspecified atom stereocenters. The van der Waals surface area contributed by atoms with Crippen molar-refractivity contribution < 1.29 is 0 Å². The van der Waals surface area contributed by atoms with Crippen molar-refractivity contribution in [2.45, 2.75) is 6.92 Å². The van der Waals surface area contributed by atoms with Crippen LogP contribution in [0.2, 0.25) is 0 Å². The van der Waals surface area contributed by atoms with Gasteiger partial charge in [-0.1, -0.05) is 97.2 Å². The van der Waals surface area contributed by atoms with Crippen LogP contribution in [0.25, 0.3) is 33.2 Å². The van der Waals surface area contributed by atoms with Gasteiger partial charge < -0.3 is 6.15 Å². The van der Waals surface area contributed by atoms with Crippen LogP contribution in [-0.2, 0) is 0 Å². The van der Waals surface area contributed by atoms with Crippen molar-refractivity contribution in [1.29, 1.82) is 0 Å². The first-order chi connectivity index (χ1) is 16.3. The van der Waals surface area contributed by atoms with E-state index in [1.165, 1.54) is 54.3 Å². The lowest BCUT2D eigenvalue weighted by molar-refractivity contribution is 1.10. The third kappa shape index (κ3) is 3.34. The summed E-state index contributed by atoms with van der Waals surface area (Å²) >= 11 is 0. The molecule has 4 aromatic rings. The van der Waals surface area contributed by atoms with Crippen LogP contribution in [-0.4, -0.2) is 12.8 Å². The molecule has 34 heavy (non-hydrogen) atoms. The van der Waals surface area contributed by atoms with E-state index >= 15 is 0 Å². The standard InChI is InChI=1S/C24H17N.C8H4.H3N/c1-25-22-15-21-19-13-6-5-11-17(19)18-12-7-8-14-20(18)24(21)23(22)16-9-3-2-4-10-16;1-6-7-4-2-3-5-8(6)7;/h2-15H,1H3;6H,1H3;1H3. The first-order valence-electron chi connectivity index (χ1n) is 11.2. The number of hydrogen-bond acceptors (Lipinski definition) is 2. The first kappa shape index (κ1) is 21.5. The summed E-state index contributed by atoms with van der Waals surface area (Å²) in [4.78, 5) is 4.60. The fourth-order valence-corrected chi connectivity index (χ4v) is 4.88. The molecule has 0 aromatic heterocycles. The minimum absolute atomic E-state index is 0. The van der Waals surface area contributed by atoms with Crippen molar-refractivity contribution in [1.82, 2.24) is 6.15 Å². The van der Waals surface area contributed by atoms with E-state index in [-0.39, 0.29) is 6.15 Å². The molecule has 4 aromatic carbocycles. The van der Waals surface area contributed by atoms with Crippen molar-refractivity contribution in [3.63, 3.8) is 0 Å². The molecule has 1 saturated carbocycles. The lowest BCUT2D eigenvalue weighted by atomic mass is 9.95. The topological polar surface area (TPSA) is 47.4 Å². The number of fused-ring (bicyclic) bond motifs is 7. The quantitative estimate of drug-likeness (QED) is 0.298. The van der Waals surface area contributed by atoms with E-state index in [0.29, 0.717) is 5.92 Å². The molecule has 162 valence electrons. The van der Waals surface area contributed by atoms with Gasteiger partial charge in [-0.05, 0) is 49.9 Å². The van der Waals surface area contributed by atoms with E-state index in [9.17, 15) is 0 Å². The number of benzene rings is 4. The number of rotatable bonds is 1. The van der Waals surface area contributed by atoms with Crippen molar-refractivity contribution in [2.75, 3.05) is 7.05 Å². The third-order valence-electron chi connectivity index (χ3n) is 6.59. The summed E-state index contributed by atoms with van der Waals surface area (Å²) in [5, 5.41) is 7.79. The molecule has 3 aliphatic rings. The van der Waals surface area contributed by atoms with Crippen LogP contribution >= 0.6 is 0 Å². The number of aliphatic imine (C=N–C) groups is 1. The molecule has 0 aliphatic heterocycles. The van der Waals surface area contributed by atoms with E-state index in [1.54, 1.807) is 0 Å². The van der Waals surface area contributed by atoms with Crippen LogP contribution in [0.1, 0.15) is 12.5 Å². The van der Waals surface area contributed by atoms with Gasteiger partial charge in [-0.2, -0.15) is 0 Å². The molecule has 2 nitrogen and oxygen atoms in total. The zero-order chi connectivity index (χ0) is 22.4. The Labute approximate surface area is 198 Å². The Morgan fingerprint density at radius 3 is 1.79 bits per heavy atom. The monoisotopic (exact) mass is 436 g/mol. The van der Waals surface area contributed by atoms with Crippen molar-refractivity contribution in [3.05, 3.63) is 129 Å². The maximum atomic E-state index is 4.60. The largest absolute Gasteiger partial charge is 0.344 e. The second kappa shape index (κ2) is 8.53. The normalized spacial score (nSPS) is 15.7. The Morgan fingerprint density at radius 1 is 0.676 bits per heavy atom. The molecule has 0 radical (unpaired) electrons. The Kier molecular flexibility index (Phi) is 5.39. The van der Waals surface area contributed by atoms with E-state index in [4.69, 9.17) is 0 Å². The van der Waals surface area contributed by atoms with Gasteiger partial charge in [-0.15, -0.1) is 0 Å². The summed E-state index contributed by atoms with van der Waals surface area (Å²) in [6, 6.07) is 28.0. The fourth-order valence-electron chi connectivity index (χ4n) is 4.88. The van der Waals surface area contributed by atoms with Crippen molar-refractivity contribution in [3.8, 4) is 0 Å². The Hall–Kier alpha value is -4.37. The highest BCUT2D eigenvalue weighted by molar-refractivity contribution is 6.40. The van der Waals surface area contributed by atoms with Gasteiger partial charge in [0.1, 0.15) is 0 Å². The molecule has 2 heteroatoms. The summed E-state index contributed by atoms with van der Waals surface area (Å²) in [5.41, 5.74) is 17.4. The Balaban J connectivity index is 0.000000226. The van der Waals surface area contributed by atoms with Gasteiger partial charge in [0.15, 0.2) is 0 Å². The molecule has 0 bridgehead atoms. The molecular weight excluding hydrogens is 412 g/mol. The number of allylic oxidation sites excluding steroid dienone is 2. The van der Waals surface area contributed by atoms with Gasteiger partial charge in [0.25, 0.3) is 0 Å². The number of hydrogen-bond donors (Lipinski definition) is 1. The highest BCUT2D eigenvalue weighted by Gasteiger charge is 2.33. The average molecular weight is 437 g/mol. The molecule has 0 amide bonds. The van der Waals surface area contributed by atoms with Gasteiger partial charge in [-0.25, -0.2) is 0 Å². The molecule has 0 saturated heterocycles. The summed E-state index contributed by atoms with van der Waals surface area (Å²) in [7, 11) is 1.88. The predicted octanol–water partition coefficient (Wildman–Crippen LogP) is 5.79. The molecular formula is C32H24N2. The summed E-state index contributed by atoms with van der Waals surface area (Å²) in [6.45, 7) is 2.14. The van der Waals surface area contributed by atoms with E-state index < -0.39 is 0 Å². The lowest BCUT2D eigenvalue weighted by Gasteiger charge is -2.08. The molecule has 0 heterocycles. The second-order valence-electron chi connectivity index (χ2n) is 8.42. The van der Waals surface area contributed by atoms with E-state index in [2.05, 4.69) is 120 Å². The summed E-state index contributed by atoms with van der Waals surface area (Å²) in [5.74, 6) is 0.595. The molecule has 1 fully saturated rings. The van der Waals surface area contributed by atoms with Gasteiger partial charge in [0, 0.05) is 34.9 Å². The summed E-state index contributed by atoms with van der Waals surface area (Å²) in [6.07, 6.45) is 2.24. The van der Waals surface area contributed by atoms with Gasteiger partial charge in [0.05, 0.1) is 5.71 Å². The van der Waals surface area contributed by atoms with E-state index in [0.717, 1.165) is 5.71 Å². The van der Waals surface area contributed by atoms with Crippen LogP contribution in [0.3, 0.4) is 0 Å². The zero-order valence-electron chi connectivity index (χ0n) is 19.3. The fraction of sp³-hybridized carbons (Fsp3) is 0.0938. The Bertz CT molecular complexity index is 1780. The first-order valence-corrected chi connectivity index (χ1v) is 11.2. The zero-order valence-corrected chi connectivity index (χ0v) is 19.3. The van der Waals surface area contributed by atoms with Crippen LogP contribution in [0, 0.1) is 5.92 Å². The van der Waals surface area contributed by atoms with E-state index in [1.807, 2.05) is 7.05 Å². The van der Waals surface area contributed by atoms with Gasteiger partial charge in [-0.3, -0.25) is 4.99 Å². The molecule has 7 rings (SSSR count). The van der Waals surface area contributed by atoms with Crippen molar-refractivity contribution in [2.24, 2.45) is 10.9 Å². The van der Waals surface area contributed by atoms with Crippen LogP contribution < -0.4 is 16.6 Å². The maximum absolute atomic E-state index is 4.60. The van der Waals surface area contributed by atoms with Gasteiger partial charge >= 0.3 is 0 Å². The SMILES string of the molecule is CC1C2=C=C=C=C=C21.CN=C1C=c2c(c3ccccc3c3ccccc23)=C1c1ccccc1.N. The number of nitrogens with zero attached hydrogens (tertiary/aromatic N) is 1. The minimum Gasteiger partial charge on any atom is -0.344 e. The molecule has 3 N–H and O–H groups in total. The maximum Gasteiger partial charge on any atom is 0.0662 e. The third-order valence-corrected chi connectivity index (χ3v) is 6.59. The molecule has 3 aliphatic carbocycles. The lowest BCUT2D eigenvalue weighted by Crippen LogP contribution is -2.25. The van der Waals surface area contributed by atoms with Crippen LogP contribution in [0.5, 0.6) is 0 Å². The smallest absolute Gasteiger partial charge is 0.0662 e. The second-order valence-corrected chi connectivity index (χ2v) is 8.42. The molecule has 0 atom stereocenters. The predicted molar refractivity (Wildman–Crippen MR) is 143 cm³/mol. The Morgan fingerprint density at radius 2 is 1.21 bits per heavy atom. The summed E-state index contributed by atoms with van der Waals surface area (Å²) < 4.78 is 0. The van der Waals surface area contributed by atoms with Crippen LogP contribution in [0.15, 0.2) is 118 Å². The van der Waals surface area contributed by atoms with Crippen LogP contribution in [0.4, 0.5) is 0 Å². The van der Waals surface area contributed by atoms with Gasteiger partial charge in [0.2, 0.25) is 0 Å². The van der Waals surface area contributed by atoms with Crippen molar-refractivity contribution >= 4 is 38.9 Å². The highest BCUT2D eigenvalue weighted by atomic mass is 14.7. The molecule has 0 spiro atoms.